The monoisotopic (exact) mass is 495 g/mol. The Morgan fingerprint density at radius 2 is 1.72 bits per heavy atom. The first-order valence-corrected chi connectivity index (χ1v) is 11.1. The number of carbonyl (C=O) groups is 3. The lowest BCUT2D eigenvalue weighted by Gasteiger charge is -2.09. The van der Waals surface area contributed by atoms with Gasteiger partial charge in [-0.1, -0.05) is 24.3 Å². The van der Waals surface area contributed by atoms with E-state index in [4.69, 9.17) is 4.74 Å². The molecule has 36 heavy (non-hydrogen) atoms. The molecule has 0 unspecified atom stereocenters. The number of benzene rings is 3. The van der Waals surface area contributed by atoms with Crippen LogP contribution < -0.4 is 15.4 Å². The van der Waals surface area contributed by atoms with E-state index in [1.807, 2.05) is 36.4 Å². The van der Waals surface area contributed by atoms with Crippen LogP contribution in [0.4, 0.5) is 14.5 Å². The fourth-order valence-corrected chi connectivity index (χ4v) is 3.93. The van der Waals surface area contributed by atoms with Gasteiger partial charge in [0.1, 0.15) is 12.3 Å². The van der Waals surface area contributed by atoms with E-state index >= 15 is 0 Å². The van der Waals surface area contributed by atoms with E-state index in [2.05, 4.69) is 26.9 Å². The van der Waals surface area contributed by atoms with Crippen LogP contribution in [-0.4, -0.2) is 42.1 Å². The van der Waals surface area contributed by atoms with Gasteiger partial charge >= 0.3 is 12.6 Å². The van der Waals surface area contributed by atoms with Crippen molar-refractivity contribution >= 4 is 45.3 Å². The van der Waals surface area contributed by atoms with Crippen LogP contribution in [0.15, 0.2) is 66.7 Å². The van der Waals surface area contributed by atoms with Crippen molar-refractivity contribution in [2.75, 3.05) is 18.5 Å². The summed E-state index contributed by atoms with van der Waals surface area (Å²) >= 11 is 0. The Labute approximate surface area is 204 Å². The summed E-state index contributed by atoms with van der Waals surface area (Å²) in [5, 5.41) is 7.07. The second-order valence-corrected chi connectivity index (χ2v) is 7.79. The minimum Gasteiger partial charge on any atom is -0.454 e. The van der Waals surface area contributed by atoms with E-state index in [0.717, 1.165) is 34.4 Å². The Morgan fingerprint density at radius 3 is 2.50 bits per heavy atom. The number of fused-ring (bicyclic) bond motifs is 3. The van der Waals surface area contributed by atoms with Crippen LogP contribution in [-0.2, 0) is 20.9 Å². The molecule has 8 nitrogen and oxygen atoms in total. The maximum atomic E-state index is 12.3. The lowest BCUT2D eigenvalue weighted by Crippen LogP contribution is -2.32. The first kappa shape index (κ1) is 24.6. The topological polar surface area (TPSA) is 98.7 Å². The van der Waals surface area contributed by atoms with Gasteiger partial charge in [-0.25, -0.2) is 0 Å². The molecule has 0 radical (unpaired) electrons. The van der Waals surface area contributed by atoms with Gasteiger partial charge in [-0.05, 0) is 49.4 Å². The van der Waals surface area contributed by atoms with Crippen molar-refractivity contribution < 1.29 is 32.6 Å². The number of hydrogen-bond acceptors (Lipinski definition) is 5. The van der Waals surface area contributed by atoms with Gasteiger partial charge in [0.05, 0.1) is 0 Å². The number of aryl methyl sites for hydroxylation is 1. The average molecular weight is 495 g/mol. The molecular formula is C26H23F2N3O5. The van der Waals surface area contributed by atoms with E-state index in [1.165, 1.54) is 18.2 Å². The Kier molecular flexibility index (Phi) is 7.43. The highest BCUT2D eigenvalue weighted by atomic mass is 19.3. The summed E-state index contributed by atoms with van der Waals surface area (Å²) in [6.45, 7) is -1.20. The van der Waals surface area contributed by atoms with Gasteiger partial charge in [-0.3, -0.25) is 14.4 Å². The summed E-state index contributed by atoms with van der Waals surface area (Å²) < 4.78 is 36.0. The number of nitrogens with zero attached hydrogens (tertiary/aromatic N) is 1. The normalized spacial score (nSPS) is 11.0. The Bertz CT molecular complexity index is 1430. The standard InChI is InChI=1S/C26H23F2N3O5/c1-2-31-21-9-4-3-8-19(21)20-13-17(10-11-22(20)31)30-23(32)15-35-24(33)14-29-25(34)16-6-5-7-18(12-16)36-26(27)28/h3-13,26H,2,14-15H2,1H3,(H,29,34)(H,30,32). The van der Waals surface area contributed by atoms with Crippen LogP contribution in [0.5, 0.6) is 5.75 Å². The van der Waals surface area contributed by atoms with Gasteiger partial charge in [-0.15, -0.1) is 0 Å². The number of anilines is 1. The predicted molar refractivity (Wildman–Crippen MR) is 130 cm³/mol. The fourth-order valence-electron chi connectivity index (χ4n) is 3.93. The number of ether oxygens (including phenoxy) is 2. The van der Waals surface area contributed by atoms with Crippen molar-refractivity contribution in [1.82, 2.24) is 9.88 Å². The lowest BCUT2D eigenvalue weighted by atomic mass is 10.1. The van der Waals surface area contributed by atoms with Crippen LogP contribution in [0.2, 0.25) is 0 Å². The lowest BCUT2D eigenvalue weighted by molar-refractivity contribution is -0.146. The van der Waals surface area contributed by atoms with E-state index in [0.29, 0.717) is 5.69 Å². The molecule has 3 aromatic carbocycles. The van der Waals surface area contributed by atoms with Crippen molar-refractivity contribution in [1.29, 1.82) is 0 Å². The number of nitrogens with one attached hydrogen (secondary N) is 2. The minimum atomic E-state index is -3.02. The zero-order chi connectivity index (χ0) is 25.7. The van der Waals surface area contributed by atoms with E-state index in [9.17, 15) is 23.2 Å². The quantitative estimate of drug-likeness (QED) is 0.337. The molecule has 186 valence electrons. The third kappa shape index (κ3) is 5.60. The fraction of sp³-hybridized carbons (Fsp3) is 0.192. The smallest absolute Gasteiger partial charge is 0.387 e. The number of rotatable bonds is 9. The molecular weight excluding hydrogens is 472 g/mol. The Balaban J connectivity index is 1.30. The molecule has 1 heterocycles. The molecule has 0 saturated carbocycles. The van der Waals surface area contributed by atoms with Crippen LogP contribution in [0.3, 0.4) is 0 Å². The van der Waals surface area contributed by atoms with Crippen LogP contribution in [0, 0.1) is 0 Å². The largest absolute Gasteiger partial charge is 0.454 e. The number of esters is 1. The molecule has 0 bridgehead atoms. The highest BCUT2D eigenvalue weighted by molar-refractivity contribution is 6.10. The van der Waals surface area contributed by atoms with Gasteiger partial charge in [0.2, 0.25) is 0 Å². The SMILES string of the molecule is CCn1c2ccccc2c2cc(NC(=O)COC(=O)CNC(=O)c3cccc(OC(F)F)c3)ccc21. The molecule has 0 atom stereocenters. The van der Waals surface area contributed by atoms with Gasteiger partial charge in [0.15, 0.2) is 6.61 Å². The molecule has 0 fully saturated rings. The first-order chi connectivity index (χ1) is 17.4. The molecule has 0 spiro atoms. The van der Waals surface area contributed by atoms with Gasteiger partial charge in [0.25, 0.3) is 11.8 Å². The van der Waals surface area contributed by atoms with Crippen LogP contribution in [0.25, 0.3) is 21.8 Å². The number of hydrogen-bond donors (Lipinski definition) is 2. The van der Waals surface area contributed by atoms with Gasteiger partial charge in [-0.2, -0.15) is 8.78 Å². The average Bonchev–Trinajstić information content (AvgIpc) is 3.18. The number of aromatic nitrogens is 1. The molecule has 1 aromatic heterocycles. The summed E-state index contributed by atoms with van der Waals surface area (Å²) in [5.74, 6) is -2.24. The third-order valence-corrected chi connectivity index (χ3v) is 5.45. The summed E-state index contributed by atoms with van der Waals surface area (Å²) in [6, 6.07) is 18.7. The summed E-state index contributed by atoms with van der Waals surface area (Å²) in [6.07, 6.45) is 0. The molecule has 2 N–H and O–H groups in total. The van der Waals surface area contributed by atoms with Crippen molar-refractivity contribution in [3.63, 3.8) is 0 Å². The summed E-state index contributed by atoms with van der Waals surface area (Å²) in [7, 11) is 0. The van der Waals surface area contributed by atoms with Crippen molar-refractivity contribution in [3.8, 4) is 5.75 Å². The van der Waals surface area contributed by atoms with Crippen molar-refractivity contribution in [3.05, 3.63) is 72.3 Å². The molecule has 4 aromatic rings. The third-order valence-electron chi connectivity index (χ3n) is 5.45. The molecule has 0 saturated heterocycles. The maximum Gasteiger partial charge on any atom is 0.387 e. The second-order valence-electron chi connectivity index (χ2n) is 7.79. The van der Waals surface area contributed by atoms with E-state index in [-0.39, 0.29) is 11.3 Å². The zero-order valence-corrected chi connectivity index (χ0v) is 19.3. The molecule has 0 aliphatic carbocycles. The minimum absolute atomic E-state index is 0.0264. The number of carbonyl (C=O) groups excluding carboxylic acids is 3. The van der Waals surface area contributed by atoms with Crippen LogP contribution >= 0.6 is 0 Å². The second kappa shape index (κ2) is 10.9. The van der Waals surface area contributed by atoms with E-state index < -0.39 is 37.5 Å². The predicted octanol–water partition coefficient (Wildman–Crippen LogP) is 4.33. The maximum absolute atomic E-state index is 12.3. The zero-order valence-electron chi connectivity index (χ0n) is 19.3. The van der Waals surface area contributed by atoms with Crippen molar-refractivity contribution in [2.45, 2.75) is 20.1 Å². The molecule has 0 aliphatic heterocycles. The van der Waals surface area contributed by atoms with E-state index in [1.54, 1.807) is 6.07 Å². The van der Waals surface area contributed by atoms with Gasteiger partial charge < -0.3 is 24.7 Å². The number of alkyl halides is 2. The highest BCUT2D eigenvalue weighted by Gasteiger charge is 2.14. The first-order valence-electron chi connectivity index (χ1n) is 11.1. The van der Waals surface area contributed by atoms with Gasteiger partial charge in [0, 0.05) is 39.6 Å². The highest BCUT2D eigenvalue weighted by Crippen LogP contribution is 2.31. The summed E-state index contributed by atoms with van der Waals surface area (Å²) in [5.41, 5.74) is 2.73. The number of para-hydroxylation sites is 1. The molecule has 10 heteroatoms. The Morgan fingerprint density at radius 1 is 0.944 bits per heavy atom. The summed E-state index contributed by atoms with van der Waals surface area (Å²) in [4.78, 5) is 36.4. The number of amides is 2. The Hall–Kier alpha value is -4.47. The molecule has 0 aliphatic rings. The number of halogens is 2. The molecule has 4 rings (SSSR count). The van der Waals surface area contributed by atoms with Crippen LogP contribution in [0.1, 0.15) is 17.3 Å². The molecule has 2 amide bonds. The van der Waals surface area contributed by atoms with Crippen molar-refractivity contribution in [2.24, 2.45) is 0 Å².